The van der Waals surface area contributed by atoms with E-state index in [0.29, 0.717) is 12.2 Å². The maximum absolute atomic E-state index is 12.2. The molecule has 0 radical (unpaired) electrons. The predicted molar refractivity (Wildman–Crippen MR) is 120 cm³/mol. The van der Waals surface area contributed by atoms with E-state index in [1.54, 1.807) is 0 Å². The van der Waals surface area contributed by atoms with Crippen LogP contribution in [0.1, 0.15) is 25.0 Å². The molecule has 0 saturated carbocycles. The van der Waals surface area contributed by atoms with E-state index >= 15 is 0 Å². The minimum Gasteiger partial charge on any atom is -0.371 e. The van der Waals surface area contributed by atoms with E-state index in [4.69, 9.17) is 0 Å². The highest BCUT2D eigenvalue weighted by Crippen LogP contribution is 2.38. The molecule has 3 N–H and O–H groups in total. The number of hydrogen-bond acceptors (Lipinski definition) is 3. The molecule has 1 atom stereocenters. The van der Waals surface area contributed by atoms with Crippen LogP contribution in [0.4, 0.5) is 21.9 Å². The van der Waals surface area contributed by atoms with Gasteiger partial charge in [-0.15, -0.1) is 0 Å². The predicted octanol–water partition coefficient (Wildman–Crippen LogP) is 4.27. The van der Waals surface area contributed by atoms with Crippen molar-refractivity contribution in [2.24, 2.45) is 0 Å². The monoisotopic (exact) mass is 404 g/mol. The van der Waals surface area contributed by atoms with Crippen molar-refractivity contribution in [1.82, 2.24) is 9.88 Å². The molecule has 2 heterocycles. The number of carbonyl (C=O) groups is 1. The van der Waals surface area contributed by atoms with E-state index in [0.717, 1.165) is 29.8 Å². The molecule has 4 rings (SSSR count). The molecule has 0 aliphatic carbocycles. The van der Waals surface area contributed by atoms with Crippen LogP contribution in [0.2, 0.25) is 0 Å². The number of nitrogens with one attached hydrogen (secondary N) is 2. The topological polar surface area (TPSA) is 69.5 Å². The normalized spacial score (nSPS) is 13.9. The maximum Gasteiger partial charge on any atom is 0.319 e. The first kappa shape index (κ1) is 20.0. The summed E-state index contributed by atoms with van der Waals surface area (Å²) in [7, 11) is 0. The molecule has 1 aromatic heterocycles. The molecular formula is C24H28N4O2. The number of urea groups is 1. The molecule has 3 aromatic rings. The van der Waals surface area contributed by atoms with Crippen LogP contribution in [0, 0.1) is 0 Å². The van der Waals surface area contributed by atoms with Gasteiger partial charge in [0, 0.05) is 35.5 Å². The summed E-state index contributed by atoms with van der Waals surface area (Å²) in [6.07, 6.45) is 4.91. The van der Waals surface area contributed by atoms with Gasteiger partial charge in [-0.2, -0.15) is 0 Å². The van der Waals surface area contributed by atoms with Crippen molar-refractivity contribution in [1.29, 1.82) is 0 Å². The Morgan fingerprint density at radius 3 is 2.43 bits per heavy atom. The van der Waals surface area contributed by atoms with E-state index in [2.05, 4.69) is 22.8 Å². The van der Waals surface area contributed by atoms with Gasteiger partial charge < -0.3 is 25.2 Å². The number of amides is 2. The summed E-state index contributed by atoms with van der Waals surface area (Å²) < 4.78 is 1.97. The largest absolute Gasteiger partial charge is 0.371 e. The molecule has 0 saturated heterocycles. The smallest absolute Gasteiger partial charge is 0.319 e. The van der Waals surface area contributed by atoms with Gasteiger partial charge in [0.15, 0.2) is 0 Å². The Morgan fingerprint density at radius 2 is 1.70 bits per heavy atom. The van der Waals surface area contributed by atoms with Gasteiger partial charge in [0.2, 0.25) is 0 Å². The van der Waals surface area contributed by atoms with Crippen LogP contribution in [0.3, 0.4) is 0 Å². The number of carbonyl (C=O) groups excluding carboxylic acids is 1. The summed E-state index contributed by atoms with van der Waals surface area (Å²) in [4.78, 5) is 14.2. The Balaban J connectivity index is 1.72. The number of nitrogens with zero attached hydrogens (tertiary/aromatic N) is 2. The van der Waals surface area contributed by atoms with Crippen molar-refractivity contribution in [3.63, 3.8) is 0 Å². The van der Waals surface area contributed by atoms with Gasteiger partial charge in [0.25, 0.3) is 0 Å². The van der Waals surface area contributed by atoms with Crippen molar-refractivity contribution >= 4 is 23.1 Å². The Hall–Kier alpha value is -3.25. The quantitative estimate of drug-likeness (QED) is 0.595. The second-order valence-corrected chi connectivity index (χ2v) is 7.96. The van der Waals surface area contributed by atoms with Crippen molar-refractivity contribution < 1.29 is 9.90 Å². The third-order valence-corrected chi connectivity index (χ3v) is 5.28. The minimum absolute atomic E-state index is 0.0533. The van der Waals surface area contributed by atoms with Gasteiger partial charge in [-0.1, -0.05) is 24.3 Å². The summed E-state index contributed by atoms with van der Waals surface area (Å²) in [5.74, 6) is 0. The Kier molecular flexibility index (Phi) is 5.77. The number of aromatic nitrogens is 1. The number of hydrogen-bond donors (Lipinski definition) is 3. The van der Waals surface area contributed by atoms with Crippen LogP contribution in [0.25, 0.3) is 0 Å². The number of benzene rings is 2. The van der Waals surface area contributed by atoms with E-state index in [1.165, 1.54) is 5.56 Å². The van der Waals surface area contributed by atoms with Gasteiger partial charge in [-0.3, -0.25) is 0 Å². The first-order chi connectivity index (χ1) is 14.5. The zero-order valence-electron chi connectivity index (χ0n) is 17.4. The number of aliphatic hydroxyl groups is 1. The standard InChI is InChI=1S/C24H28N4O2/c1-17(2)25-24(30)26-20-12-11-19-10-9-18-7-3-4-8-21(18)28(22(19)15-20)23(29)16-27-13-5-6-14-27/h3-8,11-15,17,23,29H,9-10,16H2,1-2H3,(H2,25,26,30). The van der Waals surface area contributed by atoms with Crippen molar-refractivity contribution in [3.8, 4) is 0 Å². The van der Waals surface area contributed by atoms with Crippen LogP contribution in [0.15, 0.2) is 67.0 Å². The molecule has 0 fully saturated rings. The SMILES string of the molecule is CC(C)NC(=O)Nc1ccc2c(c1)N(C(O)Cn1cccc1)c1ccccc1CC2. The number of fused-ring (bicyclic) bond motifs is 2. The van der Waals surface area contributed by atoms with Crippen molar-refractivity contribution in [2.45, 2.75) is 45.5 Å². The molecule has 1 aliphatic rings. The summed E-state index contributed by atoms with van der Waals surface area (Å²) >= 11 is 0. The molecule has 30 heavy (non-hydrogen) atoms. The number of rotatable bonds is 5. The molecule has 2 aromatic carbocycles. The highest BCUT2D eigenvalue weighted by molar-refractivity contribution is 5.90. The molecule has 2 amide bonds. The van der Waals surface area contributed by atoms with Crippen LogP contribution >= 0.6 is 0 Å². The van der Waals surface area contributed by atoms with Gasteiger partial charge >= 0.3 is 6.03 Å². The second kappa shape index (κ2) is 8.63. The third kappa shape index (κ3) is 4.33. The highest BCUT2D eigenvalue weighted by Gasteiger charge is 2.26. The third-order valence-electron chi connectivity index (χ3n) is 5.28. The minimum atomic E-state index is -0.754. The fourth-order valence-electron chi connectivity index (χ4n) is 3.95. The lowest BCUT2D eigenvalue weighted by molar-refractivity contribution is 0.160. The lowest BCUT2D eigenvalue weighted by Gasteiger charge is -2.32. The highest BCUT2D eigenvalue weighted by atomic mass is 16.3. The van der Waals surface area contributed by atoms with Gasteiger partial charge in [0.05, 0.1) is 6.54 Å². The summed E-state index contributed by atoms with van der Waals surface area (Å²) in [6.45, 7) is 4.28. The lowest BCUT2D eigenvalue weighted by atomic mass is 10.0. The van der Waals surface area contributed by atoms with Crippen LogP contribution in [0.5, 0.6) is 0 Å². The average Bonchev–Trinajstić information content (AvgIpc) is 3.14. The molecule has 156 valence electrons. The van der Waals surface area contributed by atoms with Gasteiger partial charge in [-0.25, -0.2) is 4.79 Å². The fraction of sp³-hybridized carbons (Fsp3) is 0.292. The number of anilines is 3. The number of aryl methyl sites for hydroxylation is 2. The van der Waals surface area contributed by atoms with Crippen LogP contribution in [-0.4, -0.2) is 28.0 Å². The molecule has 0 bridgehead atoms. The van der Waals surface area contributed by atoms with Crippen LogP contribution in [-0.2, 0) is 19.4 Å². The fourth-order valence-corrected chi connectivity index (χ4v) is 3.95. The summed E-state index contributed by atoms with van der Waals surface area (Å²) in [6, 6.07) is 17.8. The van der Waals surface area contributed by atoms with Gasteiger partial charge in [0.1, 0.15) is 6.23 Å². The number of aliphatic hydroxyl groups excluding tert-OH is 1. The van der Waals surface area contributed by atoms with Crippen LogP contribution < -0.4 is 15.5 Å². The molecule has 1 unspecified atom stereocenters. The Labute approximate surface area is 177 Å². The van der Waals surface area contributed by atoms with E-state index in [1.807, 2.05) is 78.2 Å². The van der Waals surface area contributed by atoms with Gasteiger partial charge in [-0.05, 0) is 68.1 Å². The molecule has 6 nitrogen and oxygen atoms in total. The zero-order chi connectivity index (χ0) is 21.1. The molecule has 0 spiro atoms. The maximum atomic E-state index is 12.2. The Bertz CT molecular complexity index is 1010. The van der Waals surface area contributed by atoms with E-state index in [9.17, 15) is 9.90 Å². The van der Waals surface area contributed by atoms with Crippen molar-refractivity contribution in [2.75, 3.05) is 10.2 Å². The Morgan fingerprint density at radius 1 is 1.00 bits per heavy atom. The molecule has 1 aliphatic heterocycles. The average molecular weight is 405 g/mol. The van der Waals surface area contributed by atoms with Crippen molar-refractivity contribution in [3.05, 3.63) is 78.1 Å². The van der Waals surface area contributed by atoms with E-state index < -0.39 is 6.23 Å². The zero-order valence-corrected chi connectivity index (χ0v) is 17.4. The van der Waals surface area contributed by atoms with E-state index in [-0.39, 0.29) is 12.1 Å². The first-order valence-corrected chi connectivity index (χ1v) is 10.4. The second-order valence-electron chi connectivity index (χ2n) is 7.96. The summed E-state index contributed by atoms with van der Waals surface area (Å²) in [5, 5.41) is 17.0. The number of para-hydroxylation sites is 1. The summed E-state index contributed by atoms with van der Waals surface area (Å²) in [5.41, 5.74) is 4.96. The molecule has 6 heteroatoms. The lowest BCUT2D eigenvalue weighted by Crippen LogP contribution is -2.35. The molecular weight excluding hydrogens is 376 g/mol. The first-order valence-electron chi connectivity index (χ1n) is 10.4.